The van der Waals surface area contributed by atoms with Crippen LogP contribution in [0.5, 0.6) is 0 Å². The molecule has 0 N–H and O–H groups in total. The normalized spacial score (nSPS) is 15.0. The zero-order valence-corrected chi connectivity index (χ0v) is 18.7. The molecule has 0 radical (unpaired) electrons. The summed E-state index contributed by atoms with van der Waals surface area (Å²) in [5.74, 6) is 0.628. The summed E-state index contributed by atoms with van der Waals surface area (Å²) >= 11 is 0. The lowest BCUT2D eigenvalue weighted by molar-refractivity contribution is 0.168. The van der Waals surface area contributed by atoms with Gasteiger partial charge in [-0.15, -0.1) is 0 Å². The molecular weight excluding hydrogens is 402 g/mol. The number of hydrogen-bond donors (Lipinski definition) is 0. The van der Waals surface area contributed by atoms with E-state index >= 15 is 0 Å². The van der Waals surface area contributed by atoms with Gasteiger partial charge < -0.3 is 0 Å². The number of nitrogens with zero attached hydrogens (tertiary/aromatic N) is 5. The molecule has 1 aliphatic carbocycles. The van der Waals surface area contributed by atoms with Gasteiger partial charge in [-0.2, -0.15) is 0 Å². The van der Waals surface area contributed by atoms with Crippen LogP contribution in [0.15, 0.2) is 58.4 Å². The van der Waals surface area contributed by atoms with Gasteiger partial charge in [0.05, 0.1) is 11.4 Å². The first kappa shape index (κ1) is 20.6. The van der Waals surface area contributed by atoms with Gasteiger partial charge in [-0.3, -0.25) is 23.3 Å². The molecule has 164 valence electrons. The molecule has 1 saturated carbocycles. The van der Waals surface area contributed by atoms with Crippen LogP contribution in [0.2, 0.25) is 0 Å². The van der Waals surface area contributed by atoms with Crippen LogP contribution in [0.1, 0.15) is 42.3 Å². The largest absolute Gasteiger partial charge is 0.289 e. The topological polar surface area (TPSA) is 72.0 Å². The lowest BCUT2D eigenvalue weighted by Gasteiger charge is -2.28. The van der Waals surface area contributed by atoms with Crippen LogP contribution in [0.25, 0.3) is 11.3 Å². The van der Waals surface area contributed by atoms with Crippen molar-refractivity contribution in [2.45, 2.75) is 52.7 Å². The second kappa shape index (κ2) is 7.98. The molecule has 0 aromatic carbocycles. The second-order valence-corrected chi connectivity index (χ2v) is 9.02. The van der Waals surface area contributed by atoms with Crippen molar-refractivity contribution in [1.29, 1.82) is 0 Å². The van der Waals surface area contributed by atoms with E-state index < -0.39 is 0 Å². The van der Waals surface area contributed by atoms with Crippen LogP contribution < -0.4 is 11.1 Å². The summed E-state index contributed by atoms with van der Waals surface area (Å²) in [4.78, 5) is 37.1. The van der Waals surface area contributed by atoms with Gasteiger partial charge in [0, 0.05) is 43.7 Å². The summed E-state index contributed by atoms with van der Waals surface area (Å²) < 4.78 is 3.17. The van der Waals surface area contributed by atoms with Gasteiger partial charge in [0.15, 0.2) is 0 Å². The molecule has 5 rings (SSSR count). The molecule has 7 heteroatoms. The lowest BCUT2D eigenvalue weighted by Crippen LogP contribution is -2.35. The van der Waals surface area contributed by atoms with Crippen LogP contribution in [0.4, 0.5) is 0 Å². The summed E-state index contributed by atoms with van der Waals surface area (Å²) in [6.45, 7) is 7.20. The molecular formula is C25H27N5O2. The molecule has 7 nitrogen and oxygen atoms in total. The number of hydrogen-bond acceptors (Lipinski definition) is 5. The van der Waals surface area contributed by atoms with Crippen molar-refractivity contribution >= 4 is 11.3 Å². The molecule has 32 heavy (non-hydrogen) atoms. The molecule has 4 aromatic heterocycles. The van der Waals surface area contributed by atoms with Gasteiger partial charge in [-0.05, 0) is 62.8 Å². The third kappa shape index (κ3) is 4.08. The SMILES string of the molecule is Cc1ccc2nc(CN(Cc3cc(=O)n4cc(C)ccc4n3)[C@H](C)C3CC3)cc(=O)n2c1. The number of pyridine rings is 2. The van der Waals surface area contributed by atoms with Crippen molar-refractivity contribution in [2.24, 2.45) is 5.92 Å². The average molecular weight is 430 g/mol. The highest BCUT2D eigenvalue weighted by molar-refractivity contribution is 5.41. The molecule has 1 fully saturated rings. The first-order valence-electron chi connectivity index (χ1n) is 11.1. The van der Waals surface area contributed by atoms with E-state index in [0.29, 0.717) is 36.3 Å². The van der Waals surface area contributed by atoms with E-state index in [-0.39, 0.29) is 11.1 Å². The number of fused-ring (bicyclic) bond motifs is 2. The van der Waals surface area contributed by atoms with Gasteiger partial charge in [-0.25, -0.2) is 9.97 Å². The second-order valence-electron chi connectivity index (χ2n) is 9.02. The Hall–Kier alpha value is -3.32. The predicted molar refractivity (Wildman–Crippen MR) is 124 cm³/mol. The van der Waals surface area contributed by atoms with E-state index in [4.69, 9.17) is 9.97 Å². The van der Waals surface area contributed by atoms with Crippen LogP contribution in [-0.4, -0.2) is 29.7 Å². The molecule has 1 atom stereocenters. The Bertz CT molecular complexity index is 1330. The maximum Gasteiger partial charge on any atom is 0.258 e. The Morgan fingerprint density at radius 3 is 1.78 bits per heavy atom. The zero-order valence-electron chi connectivity index (χ0n) is 18.7. The fraction of sp³-hybridized carbons (Fsp3) is 0.360. The van der Waals surface area contributed by atoms with Gasteiger partial charge in [0.25, 0.3) is 11.1 Å². The summed E-state index contributed by atoms with van der Waals surface area (Å²) in [5.41, 5.74) is 4.64. The maximum absolute atomic E-state index is 12.7. The summed E-state index contributed by atoms with van der Waals surface area (Å²) in [7, 11) is 0. The molecule has 0 unspecified atom stereocenters. The van der Waals surface area contributed by atoms with Gasteiger partial charge in [0.1, 0.15) is 11.3 Å². The number of rotatable bonds is 6. The number of aromatic nitrogens is 4. The first-order valence-corrected chi connectivity index (χ1v) is 11.1. The molecule has 0 saturated heterocycles. The van der Waals surface area contributed by atoms with Crippen LogP contribution in [0.3, 0.4) is 0 Å². The van der Waals surface area contributed by atoms with E-state index in [9.17, 15) is 9.59 Å². The van der Waals surface area contributed by atoms with Crippen molar-refractivity contribution in [1.82, 2.24) is 23.7 Å². The van der Waals surface area contributed by atoms with Gasteiger partial charge >= 0.3 is 0 Å². The highest BCUT2D eigenvalue weighted by Crippen LogP contribution is 2.36. The Morgan fingerprint density at radius 2 is 1.34 bits per heavy atom. The fourth-order valence-corrected chi connectivity index (χ4v) is 4.32. The minimum Gasteiger partial charge on any atom is -0.289 e. The molecule has 4 heterocycles. The summed E-state index contributed by atoms with van der Waals surface area (Å²) in [6, 6.07) is 11.2. The van der Waals surface area contributed by atoms with Crippen molar-refractivity contribution in [2.75, 3.05) is 0 Å². The smallest absolute Gasteiger partial charge is 0.258 e. The molecule has 0 amide bonds. The van der Waals surface area contributed by atoms with Gasteiger partial charge in [0.2, 0.25) is 0 Å². The van der Waals surface area contributed by atoms with Crippen molar-refractivity contribution in [3.8, 4) is 0 Å². The predicted octanol–water partition coefficient (Wildman–Crippen LogP) is 3.12. The highest BCUT2D eigenvalue weighted by Gasteiger charge is 2.32. The lowest BCUT2D eigenvalue weighted by atomic mass is 10.1. The van der Waals surface area contributed by atoms with Crippen molar-refractivity contribution in [3.63, 3.8) is 0 Å². The minimum atomic E-state index is -0.0785. The summed E-state index contributed by atoms with van der Waals surface area (Å²) in [6.07, 6.45) is 6.04. The van der Waals surface area contributed by atoms with Crippen molar-refractivity contribution < 1.29 is 0 Å². The molecule has 0 aliphatic heterocycles. The standard InChI is InChI=1S/C25H27N5O2/c1-16-4-8-22-26-20(10-24(31)29(22)12-16)14-28(18(3)19-6-7-19)15-21-11-25(32)30-13-17(2)5-9-23(30)27-21/h4-5,8-13,18-19H,6-7,14-15H2,1-3H3/t18-/m1/s1. The minimum absolute atomic E-state index is 0.0785. The molecule has 0 bridgehead atoms. The van der Waals surface area contributed by atoms with E-state index in [1.54, 1.807) is 20.9 Å². The van der Waals surface area contributed by atoms with Crippen LogP contribution >= 0.6 is 0 Å². The Kier molecular flexibility index (Phi) is 5.13. The Balaban J connectivity index is 1.49. The van der Waals surface area contributed by atoms with Crippen LogP contribution in [-0.2, 0) is 13.1 Å². The zero-order chi connectivity index (χ0) is 22.4. The maximum atomic E-state index is 12.7. The number of aryl methyl sites for hydroxylation is 2. The fourth-order valence-electron chi connectivity index (χ4n) is 4.32. The monoisotopic (exact) mass is 429 g/mol. The van der Waals surface area contributed by atoms with E-state index in [1.807, 2.05) is 50.5 Å². The van der Waals surface area contributed by atoms with Crippen molar-refractivity contribution in [3.05, 3.63) is 92.0 Å². The third-order valence-corrected chi connectivity index (χ3v) is 6.33. The Morgan fingerprint density at radius 1 is 0.875 bits per heavy atom. The third-order valence-electron chi connectivity index (χ3n) is 6.33. The average Bonchev–Trinajstić information content (AvgIpc) is 3.59. The van der Waals surface area contributed by atoms with E-state index in [0.717, 1.165) is 22.5 Å². The Labute approximate surface area is 186 Å². The van der Waals surface area contributed by atoms with Gasteiger partial charge in [-0.1, -0.05) is 12.1 Å². The van der Waals surface area contributed by atoms with Crippen LogP contribution in [0, 0.1) is 19.8 Å². The first-order chi connectivity index (χ1) is 15.4. The van der Waals surface area contributed by atoms with E-state index in [1.165, 1.54) is 12.8 Å². The summed E-state index contributed by atoms with van der Waals surface area (Å²) in [5, 5.41) is 0. The quantitative estimate of drug-likeness (QED) is 0.471. The molecule has 4 aromatic rings. The highest BCUT2D eigenvalue weighted by atomic mass is 16.1. The molecule has 0 spiro atoms. The van der Waals surface area contributed by atoms with E-state index in [2.05, 4.69) is 11.8 Å². The molecule has 1 aliphatic rings.